The topological polar surface area (TPSA) is 161 Å². The Morgan fingerprint density at radius 1 is 0.913 bits per heavy atom. The number of methoxy groups -OCH3 is 2. The maximum Gasteiger partial charge on any atom is 0.310 e. The Labute approximate surface area is 267 Å². The first kappa shape index (κ1) is 29.8. The van der Waals surface area contributed by atoms with Crippen LogP contribution >= 0.6 is 11.3 Å². The molecule has 0 saturated carbocycles. The lowest BCUT2D eigenvalue weighted by molar-refractivity contribution is -0.368. The van der Waals surface area contributed by atoms with Crippen LogP contribution < -0.4 is 18.9 Å². The van der Waals surface area contributed by atoms with Gasteiger partial charge in [0.05, 0.1) is 44.3 Å². The van der Waals surface area contributed by atoms with Gasteiger partial charge in [-0.25, -0.2) is 0 Å². The van der Waals surface area contributed by atoms with E-state index in [2.05, 4.69) is 0 Å². The van der Waals surface area contributed by atoms with Crippen molar-refractivity contribution in [2.45, 2.75) is 49.0 Å². The molecule has 0 radical (unpaired) electrons. The second kappa shape index (κ2) is 11.6. The largest absolute Gasteiger partial charge is 0.502 e. The van der Waals surface area contributed by atoms with Crippen molar-refractivity contribution in [2.24, 2.45) is 11.8 Å². The molecule has 13 nitrogen and oxygen atoms in total. The van der Waals surface area contributed by atoms with Crippen LogP contribution in [0.5, 0.6) is 28.7 Å². The SMILES string of the molecule is COc1cc([C@@H]2c3cc4c(cc3[C@@H](O[C@@H]3O[C@@H]5CO[C@@H](c6cccs6)O[C@H]5[C@H](O)[C@H]3O)C3COC(=O)C32)OCO4)cc(OC)c1O. The van der Waals surface area contributed by atoms with Crippen LogP contribution in [0, 0.1) is 11.8 Å². The zero-order valence-electron chi connectivity index (χ0n) is 24.8. The van der Waals surface area contributed by atoms with Crippen molar-refractivity contribution in [3.63, 3.8) is 0 Å². The lowest BCUT2D eigenvalue weighted by atomic mass is 9.66. The number of thiophene rings is 1. The highest BCUT2D eigenvalue weighted by Gasteiger charge is 2.56. The molecule has 2 aromatic carbocycles. The number of benzene rings is 2. The third-order valence-corrected chi connectivity index (χ3v) is 10.3. The molecule has 46 heavy (non-hydrogen) atoms. The van der Waals surface area contributed by atoms with E-state index in [1.54, 1.807) is 18.2 Å². The number of esters is 1. The van der Waals surface area contributed by atoms with E-state index in [1.807, 2.05) is 23.6 Å². The Morgan fingerprint density at radius 3 is 2.35 bits per heavy atom. The minimum absolute atomic E-state index is 0.0242. The predicted molar refractivity (Wildman–Crippen MR) is 156 cm³/mol. The lowest BCUT2D eigenvalue weighted by Crippen LogP contribution is -2.62. The standard InChI is InChI=1S/C32H32O13S/c1-37-19-6-13(7-20(38-2)25(19)33)23-14-8-17-18(42-12-41-17)9-15(14)28(16-10-39-30(36)24(16)23)44-32-27(35)26(34)29-21(43-32)11-40-31(45-29)22-4-3-5-46-22/h3-9,16,21,23-24,26-29,31-35H,10-12H2,1-2H3/t16?,21-,23-,24?,26-,27-,28-,29-,31-,32+/m1/s1. The van der Waals surface area contributed by atoms with Crippen LogP contribution in [0.1, 0.15) is 39.9 Å². The monoisotopic (exact) mass is 656 g/mol. The normalized spacial score (nSPS) is 34.3. The molecule has 0 bridgehead atoms. The van der Waals surface area contributed by atoms with Gasteiger partial charge in [-0.1, -0.05) is 6.07 Å². The number of rotatable bonds is 6. The molecular weight excluding hydrogens is 624 g/mol. The van der Waals surface area contributed by atoms with Gasteiger partial charge >= 0.3 is 5.97 Å². The molecule has 0 amide bonds. The number of ether oxygens (including phenoxy) is 9. The lowest BCUT2D eigenvalue weighted by Gasteiger charge is -2.48. The molecule has 3 aromatic rings. The molecule has 8 rings (SSSR count). The van der Waals surface area contributed by atoms with Crippen LogP contribution in [-0.2, 0) is 28.5 Å². The molecule has 14 heteroatoms. The Kier molecular flexibility index (Phi) is 7.48. The zero-order valence-corrected chi connectivity index (χ0v) is 25.6. The van der Waals surface area contributed by atoms with Crippen LogP contribution in [0.25, 0.3) is 0 Å². The Balaban J connectivity index is 1.16. The van der Waals surface area contributed by atoms with E-state index >= 15 is 0 Å². The maximum absolute atomic E-state index is 13.5. The van der Waals surface area contributed by atoms with Gasteiger partial charge in [0.2, 0.25) is 12.5 Å². The molecule has 0 spiro atoms. The van der Waals surface area contributed by atoms with Crippen molar-refractivity contribution in [2.75, 3.05) is 34.2 Å². The summed E-state index contributed by atoms with van der Waals surface area (Å²) in [5.41, 5.74) is 2.00. The summed E-state index contributed by atoms with van der Waals surface area (Å²) in [7, 11) is 2.86. The number of phenolic OH excluding ortho intramolecular Hbond substituents is 1. The summed E-state index contributed by atoms with van der Waals surface area (Å²) < 4.78 is 52.6. The third-order valence-electron chi connectivity index (χ3n) is 9.37. The van der Waals surface area contributed by atoms with Crippen molar-refractivity contribution in [3.05, 3.63) is 63.3 Å². The van der Waals surface area contributed by atoms with Crippen molar-refractivity contribution in [1.82, 2.24) is 0 Å². The molecule has 3 N–H and O–H groups in total. The highest BCUT2D eigenvalue weighted by Crippen LogP contribution is 2.57. The average molecular weight is 657 g/mol. The minimum atomic E-state index is -1.47. The quantitative estimate of drug-likeness (QED) is 0.333. The highest BCUT2D eigenvalue weighted by atomic mass is 32.1. The van der Waals surface area contributed by atoms with Gasteiger partial charge in [-0.3, -0.25) is 4.79 Å². The molecule has 244 valence electrons. The van der Waals surface area contributed by atoms with Crippen molar-refractivity contribution in [1.29, 1.82) is 0 Å². The average Bonchev–Trinajstić information content (AvgIpc) is 3.85. The van der Waals surface area contributed by atoms with Gasteiger partial charge in [0, 0.05) is 11.8 Å². The fraction of sp³-hybridized carbons (Fsp3) is 0.469. The molecule has 1 aliphatic carbocycles. The summed E-state index contributed by atoms with van der Waals surface area (Å²) in [5.74, 6) is -1.08. The molecular formula is C32H32O13S. The highest BCUT2D eigenvalue weighted by molar-refractivity contribution is 7.10. The minimum Gasteiger partial charge on any atom is -0.502 e. The summed E-state index contributed by atoms with van der Waals surface area (Å²) in [6, 6.07) is 10.7. The molecule has 4 aliphatic heterocycles. The van der Waals surface area contributed by atoms with Crippen molar-refractivity contribution < 1.29 is 62.7 Å². The number of hydrogen-bond acceptors (Lipinski definition) is 14. The molecule has 2 unspecified atom stereocenters. The van der Waals surface area contributed by atoms with Gasteiger partial charge in [-0.15, -0.1) is 11.3 Å². The summed E-state index contributed by atoms with van der Waals surface area (Å²) >= 11 is 1.46. The molecule has 3 fully saturated rings. The fourth-order valence-corrected chi connectivity index (χ4v) is 7.89. The third kappa shape index (κ3) is 4.70. The van der Waals surface area contributed by atoms with Gasteiger partial charge in [0.1, 0.15) is 24.4 Å². The van der Waals surface area contributed by atoms with E-state index in [9.17, 15) is 20.1 Å². The maximum atomic E-state index is 13.5. The number of aromatic hydroxyl groups is 1. The Hall–Kier alpha value is -3.63. The number of carbonyl (C=O) groups is 1. The molecule has 5 heterocycles. The zero-order chi connectivity index (χ0) is 31.7. The van der Waals surface area contributed by atoms with Gasteiger partial charge < -0.3 is 58.0 Å². The van der Waals surface area contributed by atoms with E-state index in [0.717, 1.165) is 4.88 Å². The Morgan fingerprint density at radius 2 is 1.65 bits per heavy atom. The number of aliphatic hydroxyl groups excluding tert-OH is 2. The van der Waals surface area contributed by atoms with E-state index in [4.69, 9.17) is 42.6 Å². The van der Waals surface area contributed by atoms with E-state index in [1.165, 1.54) is 25.6 Å². The van der Waals surface area contributed by atoms with Gasteiger partial charge in [-0.2, -0.15) is 0 Å². The first-order chi connectivity index (χ1) is 22.4. The number of hydrogen-bond donors (Lipinski definition) is 3. The first-order valence-corrected chi connectivity index (χ1v) is 15.8. The molecule has 1 aromatic heterocycles. The van der Waals surface area contributed by atoms with Crippen molar-refractivity contribution in [3.8, 4) is 28.7 Å². The number of fused-ring (bicyclic) bond motifs is 4. The summed E-state index contributed by atoms with van der Waals surface area (Å²) in [5, 5.41) is 35.0. The molecule has 10 atom stereocenters. The van der Waals surface area contributed by atoms with E-state index in [0.29, 0.717) is 28.2 Å². The number of cyclic esters (lactones) is 1. The smallest absolute Gasteiger partial charge is 0.310 e. The summed E-state index contributed by atoms with van der Waals surface area (Å²) in [6.07, 6.45) is -7.16. The van der Waals surface area contributed by atoms with Crippen LogP contribution in [0.2, 0.25) is 0 Å². The number of carbonyl (C=O) groups excluding carboxylic acids is 1. The number of aliphatic hydroxyl groups is 2. The predicted octanol–water partition coefficient (Wildman–Crippen LogP) is 2.75. The van der Waals surface area contributed by atoms with Crippen LogP contribution in [0.4, 0.5) is 0 Å². The Bertz CT molecular complexity index is 1600. The van der Waals surface area contributed by atoms with Crippen LogP contribution in [-0.4, -0.2) is 86.2 Å². The van der Waals surface area contributed by atoms with Gasteiger partial charge in [0.25, 0.3) is 0 Å². The number of phenols is 1. The second-order valence-corrected chi connectivity index (χ2v) is 12.7. The first-order valence-electron chi connectivity index (χ1n) is 14.9. The van der Waals surface area contributed by atoms with Crippen LogP contribution in [0.3, 0.4) is 0 Å². The molecule has 3 saturated heterocycles. The van der Waals surface area contributed by atoms with E-state index < -0.39 is 66.8 Å². The van der Waals surface area contributed by atoms with Crippen LogP contribution in [0.15, 0.2) is 41.8 Å². The molecule has 5 aliphatic rings. The fourth-order valence-electron chi connectivity index (χ4n) is 7.18. The van der Waals surface area contributed by atoms with Crippen molar-refractivity contribution >= 4 is 17.3 Å². The second-order valence-electron chi connectivity index (χ2n) is 11.8. The van der Waals surface area contributed by atoms with Gasteiger partial charge in [-0.05, 0) is 52.4 Å². The summed E-state index contributed by atoms with van der Waals surface area (Å²) in [4.78, 5) is 14.3. The van der Waals surface area contributed by atoms with E-state index in [-0.39, 0.29) is 37.3 Å². The summed E-state index contributed by atoms with van der Waals surface area (Å²) in [6.45, 7) is 0.171. The van der Waals surface area contributed by atoms with Gasteiger partial charge in [0.15, 0.2) is 35.6 Å².